The number of nitrogens with one attached hydrogen (secondary N) is 1. The molecule has 0 saturated carbocycles. The average molecular weight is 540 g/mol. The molecular weight excluding hydrogens is 512 g/mol. The van der Waals surface area contributed by atoms with E-state index in [9.17, 15) is 9.59 Å². The van der Waals surface area contributed by atoms with Crippen molar-refractivity contribution < 1.29 is 14.3 Å². The molecule has 30 heavy (non-hydrogen) atoms. The molecule has 0 aliphatic heterocycles. The maximum Gasteiger partial charge on any atom is 0.261 e. The van der Waals surface area contributed by atoms with Crippen LogP contribution in [0.25, 0.3) is 0 Å². The lowest BCUT2D eigenvalue weighted by Gasteiger charge is -2.29. The molecule has 162 valence electrons. The van der Waals surface area contributed by atoms with Crippen LogP contribution < -0.4 is 10.1 Å². The van der Waals surface area contributed by atoms with Gasteiger partial charge in [-0.05, 0) is 71.1 Å². The lowest BCUT2D eigenvalue weighted by atomic mass is 10.1. The van der Waals surface area contributed by atoms with Crippen molar-refractivity contribution in [2.45, 2.75) is 46.2 Å². The predicted molar refractivity (Wildman–Crippen MR) is 126 cm³/mol. The van der Waals surface area contributed by atoms with Crippen molar-refractivity contribution in [1.82, 2.24) is 10.2 Å². The number of carbonyl (C=O) groups excluding carboxylic acids is 2. The molecule has 2 aromatic rings. The quantitative estimate of drug-likeness (QED) is 0.457. The molecule has 0 fully saturated rings. The Hall–Kier alpha value is -1.86. The zero-order valence-electron chi connectivity index (χ0n) is 17.6. The summed E-state index contributed by atoms with van der Waals surface area (Å²) in [6.07, 6.45) is 1.76. The second kappa shape index (κ2) is 12.1. The number of ether oxygens (including phenoxy) is 1. The summed E-state index contributed by atoms with van der Waals surface area (Å²) in [5.74, 6) is 0.187. The highest BCUT2D eigenvalue weighted by Gasteiger charge is 2.26. The Bertz CT molecular complexity index is 856. The number of nitrogens with zero attached hydrogens (tertiary/aromatic N) is 1. The van der Waals surface area contributed by atoms with Crippen molar-refractivity contribution in [1.29, 1.82) is 0 Å². The second-order valence-corrected chi connectivity index (χ2v) is 8.79. The predicted octanol–water partition coefficient (Wildman–Crippen LogP) is 5.10. The summed E-state index contributed by atoms with van der Waals surface area (Å²) in [6.45, 7) is 6.57. The molecule has 0 bridgehead atoms. The number of amides is 2. The summed E-state index contributed by atoms with van der Waals surface area (Å²) >= 11 is 6.92. The zero-order chi connectivity index (χ0) is 22.1. The average Bonchev–Trinajstić information content (AvgIpc) is 2.75. The molecule has 1 atom stereocenters. The molecule has 2 aromatic carbocycles. The first-order chi connectivity index (χ1) is 14.3. The van der Waals surface area contributed by atoms with Crippen molar-refractivity contribution in [3.63, 3.8) is 0 Å². The van der Waals surface area contributed by atoms with E-state index in [1.165, 1.54) is 5.56 Å². The van der Waals surface area contributed by atoms with Crippen molar-refractivity contribution in [2.24, 2.45) is 0 Å². The minimum absolute atomic E-state index is 0.147. The third-order valence-corrected chi connectivity index (χ3v) is 5.89. The van der Waals surface area contributed by atoms with Gasteiger partial charge in [-0.3, -0.25) is 9.59 Å². The summed E-state index contributed by atoms with van der Waals surface area (Å²) in [5, 5.41) is 2.87. The number of halogens is 2. The highest BCUT2D eigenvalue weighted by Crippen LogP contribution is 2.26. The summed E-state index contributed by atoms with van der Waals surface area (Å²) in [6, 6.07) is 12.9. The van der Waals surface area contributed by atoms with Gasteiger partial charge in [0.05, 0.1) is 4.47 Å². The van der Waals surface area contributed by atoms with Gasteiger partial charge in [0.15, 0.2) is 6.61 Å². The van der Waals surface area contributed by atoms with E-state index in [4.69, 9.17) is 4.74 Å². The molecule has 1 N–H and O–H groups in total. The van der Waals surface area contributed by atoms with E-state index in [1.807, 2.05) is 49.4 Å². The van der Waals surface area contributed by atoms with Gasteiger partial charge in [0.1, 0.15) is 11.8 Å². The highest BCUT2D eigenvalue weighted by molar-refractivity contribution is 9.10. The SMILES string of the molecule is CCCNC(=O)C(C)N(Cc1ccc(Br)cc1)C(=O)COc1ccc(CC)cc1Br. The molecule has 0 saturated heterocycles. The van der Waals surface area contributed by atoms with Crippen LogP contribution in [0.5, 0.6) is 5.75 Å². The van der Waals surface area contributed by atoms with Crippen molar-refractivity contribution in [3.8, 4) is 5.75 Å². The van der Waals surface area contributed by atoms with E-state index in [0.29, 0.717) is 18.8 Å². The van der Waals surface area contributed by atoms with Crippen molar-refractivity contribution in [2.75, 3.05) is 13.2 Å². The molecule has 5 nitrogen and oxygen atoms in total. The van der Waals surface area contributed by atoms with Crippen LogP contribution in [0.3, 0.4) is 0 Å². The fourth-order valence-corrected chi connectivity index (χ4v) is 3.67. The van der Waals surface area contributed by atoms with E-state index in [-0.39, 0.29) is 18.4 Å². The monoisotopic (exact) mass is 538 g/mol. The van der Waals surface area contributed by atoms with Crippen LogP contribution in [-0.2, 0) is 22.6 Å². The Labute approximate surface area is 195 Å². The third kappa shape index (κ3) is 7.13. The van der Waals surface area contributed by atoms with E-state index in [1.54, 1.807) is 11.8 Å². The Morgan fingerprint density at radius 1 is 1.07 bits per heavy atom. The van der Waals surface area contributed by atoms with Crippen molar-refractivity contribution in [3.05, 3.63) is 62.5 Å². The number of hydrogen-bond donors (Lipinski definition) is 1. The first-order valence-corrected chi connectivity index (χ1v) is 11.7. The summed E-state index contributed by atoms with van der Waals surface area (Å²) < 4.78 is 7.54. The Balaban J connectivity index is 2.14. The van der Waals surface area contributed by atoms with E-state index in [0.717, 1.165) is 27.4 Å². The van der Waals surface area contributed by atoms with Gasteiger partial charge in [0.25, 0.3) is 5.91 Å². The number of aryl methyl sites for hydroxylation is 1. The van der Waals surface area contributed by atoms with E-state index < -0.39 is 6.04 Å². The van der Waals surface area contributed by atoms with Gasteiger partial charge < -0.3 is 15.0 Å². The second-order valence-electron chi connectivity index (χ2n) is 7.02. The first-order valence-electron chi connectivity index (χ1n) is 10.1. The summed E-state index contributed by atoms with van der Waals surface area (Å²) in [7, 11) is 0. The van der Waals surface area contributed by atoms with Gasteiger partial charge in [0, 0.05) is 17.6 Å². The van der Waals surface area contributed by atoms with Crippen LogP contribution in [0.2, 0.25) is 0 Å². The van der Waals surface area contributed by atoms with Gasteiger partial charge >= 0.3 is 0 Å². The minimum atomic E-state index is -0.609. The van der Waals surface area contributed by atoms with Crippen LogP contribution in [0, 0.1) is 0 Å². The maximum atomic E-state index is 13.0. The van der Waals surface area contributed by atoms with Crippen LogP contribution in [-0.4, -0.2) is 35.9 Å². The van der Waals surface area contributed by atoms with E-state index in [2.05, 4.69) is 44.1 Å². The molecule has 7 heteroatoms. The largest absolute Gasteiger partial charge is 0.483 e. The van der Waals surface area contributed by atoms with Gasteiger partial charge in [-0.15, -0.1) is 0 Å². The fraction of sp³-hybridized carbons (Fsp3) is 0.391. The number of carbonyl (C=O) groups is 2. The van der Waals surface area contributed by atoms with Crippen LogP contribution >= 0.6 is 31.9 Å². The van der Waals surface area contributed by atoms with Crippen molar-refractivity contribution >= 4 is 43.7 Å². The Kier molecular flexibility index (Phi) is 9.85. The summed E-state index contributed by atoms with van der Waals surface area (Å²) in [5.41, 5.74) is 2.12. The van der Waals surface area contributed by atoms with Crippen LogP contribution in [0.15, 0.2) is 51.4 Å². The normalized spacial score (nSPS) is 11.6. The molecule has 0 aliphatic carbocycles. The highest BCUT2D eigenvalue weighted by atomic mass is 79.9. The summed E-state index contributed by atoms with van der Waals surface area (Å²) in [4.78, 5) is 27.1. The lowest BCUT2D eigenvalue weighted by molar-refractivity contribution is -0.142. The molecule has 0 spiro atoms. The van der Waals surface area contributed by atoms with Crippen LogP contribution in [0.4, 0.5) is 0 Å². The molecule has 0 radical (unpaired) electrons. The van der Waals surface area contributed by atoms with Gasteiger partial charge in [0.2, 0.25) is 5.91 Å². The lowest BCUT2D eigenvalue weighted by Crippen LogP contribution is -2.49. The molecule has 1 unspecified atom stereocenters. The Morgan fingerprint density at radius 2 is 1.73 bits per heavy atom. The standard InChI is InChI=1S/C23H28Br2N2O3/c1-4-12-26-23(29)16(3)27(14-18-6-9-19(24)10-7-18)22(28)15-30-21-11-8-17(5-2)13-20(21)25/h6-11,13,16H,4-5,12,14-15H2,1-3H3,(H,26,29). The molecule has 2 amide bonds. The molecule has 2 rings (SSSR count). The van der Waals surface area contributed by atoms with Gasteiger partial charge in [-0.1, -0.05) is 48.0 Å². The number of hydrogen-bond acceptors (Lipinski definition) is 3. The smallest absolute Gasteiger partial charge is 0.261 e. The molecule has 0 heterocycles. The first kappa shape index (κ1) is 24.4. The van der Waals surface area contributed by atoms with E-state index >= 15 is 0 Å². The van der Waals surface area contributed by atoms with Crippen LogP contribution in [0.1, 0.15) is 38.3 Å². The minimum Gasteiger partial charge on any atom is -0.483 e. The zero-order valence-corrected chi connectivity index (χ0v) is 20.8. The molecule has 0 aliphatic rings. The van der Waals surface area contributed by atoms with Gasteiger partial charge in [-0.25, -0.2) is 0 Å². The number of rotatable bonds is 10. The molecule has 0 aromatic heterocycles. The fourth-order valence-electron chi connectivity index (χ4n) is 2.87. The molecular formula is C23H28Br2N2O3. The van der Waals surface area contributed by atoms with Gasteiger partial charge in [-0.2, -0.15) is 0 Å². The maximum absolute atomic E-state index is 13.0. The number of benzene rings is 2. The third-order valence-electron chi connectivity index (χ3n) is 4.74. The Morgan fingerprint density at radius 3 is 2.33 bits per heavy atom. The topological polar surface area (TPSA) is 58.6 Å².